The zero-order chi connectivity index (χ0) is 10.7. The second kappa shape index (κ2) is 4.36. The third kappa shape index (κ3) is 2.13. The van der Waals surface area contributed by atoms with Gasteiger partial charge in [-0.15, -0.1) is 0 Å². The van der Waals surface area contributed by atoms with Gasteiger partial charge in [-0.1, -0.05) is 30.3 Å². The lowest BCUT2D eigenvalue weighted by atomic mass is 9.90. The van der Waals surface area contributed by atoms with Crippen molar-refractivity contribution in [3.63, 3.8) is 0 Å². The molecule has 1 aromatic carbocycles. The van der Waals surface area contributed by atoms with Gasteiger partial charge in [0.2, 0.25) is 0 Å². The average molecular weight is 204 g/mol. The quantitative estimate of drug-likeness (QED) is 0.541. The largest absolute Gasteiger partial charge is 0.374 e. The van der Waals surface area contributed by atoms with Crippen molar-refractivity contribution in [3.05, 3.63) is 35.9 Å². The van der Waals surface area contributed by atoms with Gasteiger partial charge >= 0.3 is 0 Å². The van der Waals surface area contributed by atoms with Crippen LogP contribution in [0.25, 0.3) is 0 Å². The molecule has 0 spiro atoms. The molecule has 2 rings (SSSR count). The molecule has 15 heavy (non-hydrogen) atoms. The minimum absolute atomic E-state index is 0.0727. The van der Waals surface area contributed by atoms with E-state index in [0.29, 0.717) is 18.6 Å². The van der Waals surface area contributed by atoms with Crippen LogP contribution in [0.15, 0.2) is 30.3 Å². The molecular formula is C12H12O3. The Hall–Kier alpha value is -1.48. The molecule has 78 valence electrons. The Morgan fingerprint density at radius 3 is 2.67 bits per heavy atom. The summed E-state index contributed by atoms with van der Waals surface area (Å²) >= 11 is 0. The lowest BCUT2D eigenvalue weighted by molar-refractivity contribution is -0.130. The first-order valence-corrected chi connectivity index (χ1v) is 4.99. The summed E-state index contributed by atoms with van der Waals surface area (Å²) in [4.78, 5) is 23.4. The first-order valence-electron chi connectivity index (χ1n) is 4.99. The summed E-state index contributed by atoms with van der Waals surface area (Å²) < 4.78 is 5.00. The number of carbonyl (C=O) groups excluding carboxylic acids is 2. The van der Waals surface area contributed by atoms with E-state index in [4.69, 9.17) is 4.74 Å². The normalized spacial score (nSPS) is 21.3. The van der Waals surface area contributed by atoms with Crippen molar-refractivity contribution in [1.82, 2.24) is 0 Å². The van der Waals surface area contributed by atoms with Crippen LogP contribution in [0.1, 0.15) is 16.8 Å². The molecule has 1 aliphatic rings. The molecule has 3 nitrogen and oxygen atoms in total. The van der Waals surface area contributed by atoms with Gasteiger partial charge in [-0.05, 0) is 6.42 Å². The van der Waals surface area contributed by atoms with Crippen LogP contribution in [-0.4, -0.2) is 24.8 Å². The highest BCUT2D eigenvalue weighted by atomic mass is 16.5. The molecule has 1 saturated heterocycles. The fourth-order valence-corrected chi connectivity index (χ4v) is 1.72. The Bertz CT molecular complexity index is 370. The molecular weight excluding hydrogens is 192 g/mol. The van der Waals surface area contributed by atoms with E-state index < -0.39 is 5.92 Å². The molecule has 0 N–H and O–H groups in total. The first-order chi connectivity index (χ1) is 7.29. The van der Waals surface area contributed by atoms with Gasteiger partial charge in [0.25, 0.3) is 0 Å². The van der Waals surface area contributed by atoms with Gasteiger partial charge in [0.15, 0.2) is 11.6 Å². The van der Waals surface area contributed by atoms with Crippen molar-refractivity contribution >= 4 is 11.6 Å². The van der Waals surface area contributed by atoms with Crippen LogP contribution in [0.4, 0.5) is 0 Å². The number of ether oxygens (including phenoxy) is 1. The topological polar surface area (TPSA) is 43.4 Å². The molecule has 0 saturated carbocycles. The molecule has 3 heteroatoms. The lowest BCUT2D eigenvalue weighted by Gasteiger charge is -2.19. The minimum atomic E-state index is -0.499. The van der Waals surface area contributed by atoms with E-state index in [1.165, 1.54) is 0 Å². The summed E-state index contributed by atoms with van der Waals surface area (Å²) in [5.74, 6) is -0.680. The van der Waals surface area contributed by atoms with E-state index in [9.17, 15) is 9.59 Å². The van der Waals surface area contributed by atoms with Gasteiger partial charge in [0.1, 0.15) is 6.61 Å². The van der Waals surface area contributed by atoms with E-state index in [2.05, 4.69) is 0 Å². The molecule has 0 bridgehead atoms. The third-order valence-electron chi connectivity index (χ3n) is 2.56. The third-order valence-corrected chi connectivity index (χ3v) is 2.56. The smallest absolute Gasteiger partial charge is 0.173 e. The summed E-state index contributed by atoms with van der Waals surface area (Å²) in [6.45, 7) is 0.568. The van der Waals surface area contributed by atoms with E-state index in [-0.39, 0.29) is 18.2 Å². The number of hydrogen-bond donors (Lipinski definition) is 0. The summed E-state index contributed by atoms with van der Waals surface area (Å²) in [6, 6.07) is 8.94. The maximum absolute atomic E-state index is 11.9. The maximum Gasteiger partial charge on any atom is 0.173 e. The molecule has 1 aromatic rings. The second-order valence-corrected chi connectivity index (χ2v) is 3.59. The van der Waals surface area contributed by atoms with Crippen molar-refractivity contribution < 1.29 is 14.3 Å². The van der Waals surface area contributed by atoms with Gasteiger partial charge < -0.3 is 4.74 Å². The standard InChI is InChI=1S/C12H12O3/c13-11-8-15-7-6-10(11)12(14)9-4-2-1-3-5-9/h1-5,10H,6-8H2. The Balaban J connectivity index is 2.17. The van der Waals surface area contributed by atoms with E-state index in [0.717, 1.165) is 0 Å². The molecule has 0 aromatic heterocycles. The van der Waals surface area contributed by atoms with Crippen molar-refractivity contribution in [2.75, 3.05) is 13.2 Å². The number of hydrogen-bond acceptors (Lipinski definition) is 3. The van der Waals surface area contributed by atoms with Gasteiger partial charge in [0.05, 0.1) is 5.92 Å². The van der Waals surface area contributed by atoms with E-state index in [1.807, 2.05) is 6.07 Å². The summed E-state index contributed by atoms with van der Waals surface area (Å²) in [5, 5.41) is 0. The molecule has 0 amide bonds. The minimum Gasteiger partial charge on any atom is -0.374 e. The predicted octanol–water partition coefficient (Wildman–Crippen LogP) is 1.47. The first kappa shape index (κ1) is 10.1. The van der Waals surface area contributed by atoms with Crippen molar-refractivity contribution in [2.24, 2.45) is 5.92 Å². The van der Waals surface area contributed by atoms with Crippen molar-refractivity contribution in [2.45, 2.75) is 6.42 Å². The summed E-state index contributed by atoms with van der Waals surface area (Å²) in [5.41, 5.74) is 0.609. The number of ketones is 2. The molecule has 1 fully saturated rings. The van der Waals surface area contributed by atoms with Gasteiger partial charge in [-0.3, -0.25) is 9.59 Å². The Morgan fingerprint density at radius 2 is 2.00 bits per heavy atom. The second-order valence-electron chi connectivity index (χ2n) is 3.59. The average Bonchev–Trinajstić information content (AvgIpc) is 2.30. The zero-order valence-electron chi connectivity index (χ0n) is 8.31. The number of Topliss-reactive ketones (excluding diaryl/α,β-unsaturated/α-hetero) is 2. The molecule has 0 radical (unpaired) electrons. The van der Waals surface area contributed by atoms with Crippen molar-refractivity contribution in [1.29, 1.82) is 0 Å². The molecule has 1 atom stereocenters. The number of rotatable bonds is 2. The Kier molecular flexibility index (Phi) is 2.92. The highest BCUT2D eigenvalue weighted by Gasteiger charge is 2.29. The predicted molar refractivity (Wildman–Crippen MR) is 54.7 cm³/mol. The fraction of sp³-hybridized carbons (Fsp3) is 0.333. The Labute approximate surface area is 88.1 Å². The zero-order valence-corrected chi connectivity index (χ0v) is 8.31. The molecule has 0 aliphatic carbocycles. The highest BCUT2D eigenvalue weighted by Crippen LogP contribution is 2.17. The van der Waals surface area contributed by atoms with Crippen molar-refractivity contribution in [3.8, 4) is 0 Å². The summed E-state index contributed by atoms with van der Waals surface area (Å²) in [7, 11) is 0. The fourth-order valence-electron chi connectivity index (χ4n) is 1.72. The van der Waals surface area contributed by atoms with E-state index in [1.54, 1.807) is 24.3 Å². The van der Waals surface area contributed by atoms with Crippen LogP contribution in [-0.2, 0) is 9.53 Å². The van der Waals surface area contributed by atoms with E-state index >= 15 is 0 Å². The molecule has 1 unspecified atom stereocenters. The van der Waals surface area contributed by atoms with Gasteiger partial charge in [-0.25, -0.2) is 0 Å². The number of carbonyl (C=O) groups is 2. The number of benzene rings is 1. The van der Waals surface area contributed by atoms with Crippen LogP contribution in [0.2, 0.25) is 0 Å². The molecule has 1 aliphatic heterocycles. The maximum atomic E-state index is 11.9. The Morgan fingerprint density at radius 1 is 1.27 bits per heavy atom. The van der Waals surface area contributed by atoms with Crippen LogP contribution in [0.3, 0.4) is 0 Å². The molecule has 1 heterocycles. The summed E-state index contributed by atoms with van der Waals surface area (Å²) in [6.07, 6.45) is 0.507. The van der Waals surface area contributed by atoms with Crippen LogP contribution in [0, 0.1) is 5.92 Å². The SMILES string of the molecule is O=C1COCCC1C(=O)c1ccccc1. The van der Waals surface area contributed by atoms with Crippen LogP contribution >= 0.6 is 0 Å². The van der Waals surface area contributed by atoms with Gasteiger partial charge in [0, 0.05) is 12.2 Å². The van der Waals surface area contributed by atoms with Crippen LogP contribution < -0.4 is 0 Å². The monoisotopic (exact) mass is 204 g/mol. The van der Waals surface area contributed by atoms with Crippen LogP contribution in [0.5, 0.6) is 0 Å². The highest BCUT2D eigenvalue weighted by molar-refractivity contribution is 6.11. The van der Waals surface area contributed by atoms with Gasteiger partial charge in [-0.2, -0.15) is 0 Å². The lowest BCUT2D eigenvalue weighted by Crippen LogP contribution is -2.33.